The molecular formula is C17H26O4. The standard InChI is InChI=1S/C17H26O4/c1-4-7-9-13(5-2)12-21-16-14(17(18)19)10-8-11-15(16)20-6-3/h8,10-11,13H,4-7,9,12H2,1-3H3,(H,18,19). The van der Waals surface area contributed by atoms with E-state index in [1.54, 1.807) is 18.2 Å². The molecule has 0 bridgehead atoms. The monoisotopic (exact) mass is 294 g/mol. The number of carboxylic acid groups (broad SMARTS) is 1. The number of ether oxygens (including phenoxy) is 2. The minimum atomic E-state index is -0.992. The van der Waals surface area contributed by atoms with Crippen LogP contribution in [-0.4, -0.2) is 24.3 Å². The number of hydrogen-bond donors (Lipinski definition) is 1. The van der Waals surface area contributed by atoms with Crippen molar-refractivity contribution in [3.63, 3.8) is 0 Å². The van der Waals surface area contributed by atoms with Gasteiger partial charge in [0.05, 0.1) is 13.2 Å². The third-order valence-corrected chi connectivity index (χ3v) is 3.52. The molecule has 0 aromatic heterocycles. The van der Waals surface area contributed by atoms with E-state index in [0.29, 0.717) is 30.6 Å². The summed E-state index contributed by atoms with van der Waals surface area (Å²) >= 11 is 0. The van der Waals surface area contributed by atoms with E-state index >= 15 is 0 Å². The third kappa shape index (κ3) is 5.29. The molecule has 118 valence electrons. The van der Waals surface area contributed by atoms with E-state index in [2.05, 4.69) is 13.8 Å². The van der Waals surface area contributed by atoms with Crippen LogP contribution in [0, 0.1) is 5.92 Å². The fourth-order valence-electron chi connectivity index (χ4n) is 2.20. The first-order valence-electron chi connectivity index (χ1n) is 7.75. The Bertz CT molecular complexity index is 442. The zero-order valence-electron chi connectivity index (χ0n) is 13.2. The van der Waals surface area contributed by atoms with Crippen LogP contribution in [0.25, 0.3) is 0 Å². The van der Waals surface area contributed by atoms with Gasteiger partial charge in [-0.25, -0.2) is 4.79 Å². The molecule has 1 unspecified atom stereocenters. The van der Waals surface area contributed by atoms with Crippen LogP contribution in [0.3, 0.4) is 0 Å². The molecule has 0 aliphatic carbocycles. The van der Waals surface area contributed by atoms with Crippen molar-refractivity contribution in [1.29, 1.82) is 0 Å². The Kier molecular flexibility index (Phi) is 7.65. The molecule has 1 aromatic carbocycles. The van der Waals surface area contributed by atoms with Crippen molar-refractivity contribution in [2.75, 3.05) is 13.2 Å². The molecule has 4 heteroatoms. The molecule has 0 aliphatic rings. The number of aromatic carboxylic acids is 1. The van der Waals surface area contributed by atoms with Crippen molar-refractivity contribution in [2.45, 2.75) is 46.5 Å². The Labute approximate surface area is 127 Å². The molecule has 1 rings (SSSR count). The van der Waals surface area contributed by atoms with Gasteiger partial charge in [-0.3, -0.25) is 0 Å². The van der Waals surface area contributed by atoms with Gasteiger partial charge < -0.3 is 14.6 Å². The van der Waals surface area contributed by atoms with Crippen LogP contribution >= 0.6 is 0 Å². The minimum absolute atomic E-state index is 0.159. The second-order valence-electron chi connectivity index (χ2n) is 5.10. The summed E-state index contributed by atoms with van der Waals surface area (Å²) in [6.07, 6.45) is 4.46. The van der Waals surface area contributed by atoms with Gasteiger partial charge in [0.2, 0.25) is 0 Å². The van der Waals surface area contributed by atoms with E-state index in [-0.39, 0.29) is 5.56 Å². The molecule has 4 nitrogen and oxygen atoms in total. The van der Waals surface area contributed by atoms with Crippen molar-refractivity contribution in [2.24, 2.45) is 5.92 Å². The van der Waals surface area contributed by atoms with Gasteiger partial charge in [-0.05, 0) is 31.4 Å². The number of rotatable bonds is 10. The molecule has 0 fully saturated rings. The molecule has 0 aliphatic heterocycles. The summed E-state index contributed by atoms with van der Waals surface area (Å²) in [4.78, 5) is 11.3. The average molecular weight is 294 g/mol. The molecular weight excluding hydrogens is 268 g/mol. The minimum Gasteiger partial charge on any atom is -0.490 e. The number of carboxylic acids is 1. The van der Waals surface area contributed by atoms with E-state index in [1.807, 2.05) is 6.92 Å². The molecule has 0 saturated carbocycles. The van der Waals surface area contributed by atoms with Crippen LogP contribution in [-0.2, 0) is 0 Å². The molecule has 0 radical (unpaired) electrons. The molecule has 1 N–H and O–H groups in total. The van der Waals surface area contributed by atoms with Gasteiger partial charge >= 0.3 is 5.97 Å². The maximum Gasteiger partial charge on any atom is 0.339 e. The lowest BCUT2D eigenvalue weighted by atomic mass is 10.0. The Morgan fingerprint density at radius 1 is 1.24 bits per heavy atom. The lowest BCUT2D eigenvalue weighted by Crippen LogP contribution is -2.14. The molecule has 0 saturated heterocycles. The smallest absolute Gasteiger partial charge is 0.339 e. The van der Waals surface area contributed by atoms with Crippen LogP contribution in [0.5, 0.6) is 11.5 Å². The summed E-state index contributed by atoms with van der Waals surface area (Å²) < 4.78 is 11.3. The summed E-state index contributed by atoms with van der Waals surface area (Å²) in [5, 5.41) is 9.29. The summed E-state index contributed by atoms with van der Waals surface area (Å²) in [7, 11) is 0. The summed E-state index contributed by atoms with van der Waals surface area (Å²) in [6.45, 7) is 7.18. The highest BCUT2D eigenvalue weighted by Gasteiger charge is 2.18. The zero-order chi connectivity index (χ0) is 15.7. The van der Waals surface area contributed by atoms with Gasteiger partial charge in [-0.2, -0.15) is 0 Å². The summed E-state index contributed by atoms with van der Waals surface area (Å²) in [5.74, 6) is 0.305. The fraction of sp³-hybridized carbons (Fsp3) is 0.588. The first-order chi connectivity index (χ1) is 10.1. The summed E-state index contributed by atoms with van der Waals surface area (Å²) in [6, 6.07) is 4.97. The van der Waals surface area contributed by atoms with E-state index in [9.17, 15) is 9.90 Å². The number of para-hydroxylation sites is 1. The van der Waals surface area contributed by atoms with Gasteiger partial charge in [-0.15, -0.1) is 0 Å². The van der Waals surface area contributed by atoms with Crippen molar-refractivity contribution in [3.8, 4) is 11.5 Å². The average Bonchev–Trinajstić information content (AvgIpc) is 2.48. The van der Waals surface area contributed by atoms with E-state index in [1.165, 1.54) is 6.42 Å². The third-order valence-electron chi connectivity index (χ3n) is 3.52. The number of benzene rings is 1. The Hall–Kier alpha value is -1.71. The number of hydrogen-bond acceptors (Lipinski definition) is 3. The molecule has 21 heavy (non-hydrogen) atoms. The maximum atomic E-state index is 11.3. The molecule has 1 aromatic rings. The zero-order valence-corrected chi connectivity index (χ0v) is 13.2. The molecule has 0 amide bonds. The van der Waals surface area contributed by atoms with E-state index < -0.39 is 5.97 Å². The predicted molar refractivity (Wildman–Crippen MR) is 83.4 cm³/mol. The van der Waals surface area contributed by atoms with Crippen LogP contribution in [0.15, 0.2) is 18.2 Å². The topological polar surface area (TPSA) is 55.8 Å². The molecule has 1 atom stereocenters. The summed E-state index contributed by atoms with van der Waals surface area (Å²) in [5.41, 5.74) is 0.159. The predicted octanol–water partition coefficient (Wildman–Crippen LogP) is 4.38. The highest BCUT2D eigenvalue weighted by atomic mass is 16.5. The lowest BCUT2D eigenvalue weighted by Gasteiger charge is -2.18. The maximum absolute atomic E-state index is 11.3. The van der Waals surface area contributed by atoms with Gasteiger partial charge in [0, 0.05) is 0 Å². The normalized spacial score (nSPS) is 12.0. The second-order valence-corrected chi connectivity index (χ2v) is 5.10. The highest BCUT2D eigenvalue weighted by Crippen LogP contribution is 2.32. The lowest BCUT2D eigenvalue weighted by molar-refractivity contribution is 0.0689. The molecule has 0 spiro atoms. The Morgan fingerprint density at radius 2 is 2.00 bits per heavy atom. The fourth-order valence-corrected chi connectivity index (χ4v) is 2.20. The quantitative estimate of drug-likeness (QED) is 0.695. The van der Waals surface area contributed by atoms with Crippen molar-refractivity contribution in [1.82, 2.24) is 0 Å². The first kappa shape index (κ1) is 17.3. The first-order valence-corrected chi connectivity index (χ1v) is 7.75. The van der Waals surface area contributed by atoms with E-state index in [4.69, 9.17) is 9.47 Å². The van der Waals surface area contributed by atoms with Crippen LogP contribution in [0.2, 0.25) is 0 Å². The number of carbonyl (C=O) groups is 1. The second kappa shape index (κ2) is 9.27. The Balaban J connectivity index is 2.86. The van der Waals surface area contributed by atoms with Crippen LogP contribution in [0.4, 0.5) is 0 Å². The number of unbranched alkanes of at least 4 members (excludes halogenated alkanes) is 1. The van der Waals surface area contributed by atoms with Crippen LogP contribution in [0.1, 0.15) is 56.8 Å². The van der Waals surface area contributed by atoms with Gasteiger partial charge in [0.25, 0.3) is 0 Å². The van der Waals surface area contributed by atoms with Crippen LogP contribution < -0.4 is 9.47 Å². The van der Waals surface area contributed by atoms with Gasteiger partial charge in [0.15, 0.2) is 11.5 Å². The highest BCUT2D eigenvalue weighted by molar-refractivity contribution is 5.92. The van der Waals surface area contributed by atoms with Gasteiger partial charge in [0.1, 0.15) is 5.56 Å². The SMILES string of the molecule is CCCCC(CC)COc1c(OCC)cccc1C(=O)O. The largest absolute Gasteiger partial charge is 0.490 e. The van der Waals surface area contributed by atoms with Crippen molar-refractivity contribution in [3.05, 3.63) is 23.8 Å². The molecule has 0 heterocycles. The van der Waals surface area contributed by atoms with E-state index in [0.717, 1.165) is 19.3 Å². The Morgan fingerprint density at radius 3 is 2.57 bits per heavy atom. The van der Waals surface area contributed by atoms with Crippen molar-refractivity contribution >= 4 is 5.97 Å². The van der Waals surface area contributed by atoms with Gasteiger partial charge in [-0.1, -0.05) is 39.2 Å². The van der Waals surface area contributed by atoms with Crippen molar-refractivity contribution < 1.29 is 19.4 Å².